The predicted molar refractivity (Wildman–Crippen MR) is 46.5 cm³/mol. The first-order chi connectivity index (χ1) is 6.20. The smallest absolute Gasteiger partial charge is 0.407 e. The number of nitrogens with zero attached hydrogens (tertiary/aromatic N) is 1. The summed E-state index contributed by atoms with van der Waals surface area (Å²) in [4.78, 5) is 12.3. The number of hydrogen-bond acceptors (Lipinski definition) is 2. The second-order valence-corrected chi connectivity index (χ2v) is 3.99. The maximum Gasteiger partial charge on any atom is 0.407 e. The average molecular weight is 185 g/mol. The van der Waals surface area contributed by atoms with Gasteiger partial charge < -0.3 is 15.1 Å². The Bertz CT molecular complexity index is 219. The highest BCUT2D eigenvalue weighted by atomic mass is 16.4. The molecule has 13 heavy (non-hydrogen) atoms. The molecule has 2 aliphatic rings. The maximum atomic E-state index is 10.8. The number of aliphatic hydroxyl groups excluding tert-OH is 1. The first kappa shape index (κ1) is 8.81. The number of fused-ring (bicyclic) bond motifs is 1. The van der Waals surface area contributed by atoms with Crippen LogP contribution in [0, 0.1) is 5.92 Å². The zero-order valence-electron chi connectivity index (χ0n) is 7.52. The van der Waals surface area contributed by atoms with Crippen molar-refractivity contribution in [2.24, 2.45) is 5.92 Å². The third-order valence-electron chi connectivity index (χ3n) is 3.34. The van der Waals surface area contributed by atoms with Gasteiger partial charge in [0.2, 0.25) is 0 Å². The van der Waals surface area contributed by atoms with Crippen molar-refractivity contribution in [2.45, 2.75) is 37.8 Å². The topological polar surface area (TPSA) is 60.8 Å². The molecule has 1 amide bonds. The van der Waals surface area contributed by atoms with E-state index in [-0.39, 0.29) is 18.1 Å². The minimum absolute atomic E-state index is 0.0845. The fourth-order valence-electron chi connectivity index (χ4n) is 2.68. The van der Waals surface area contributed by atoms with Gasteiger partial charge >= 0.3 is 6.09 Å². The molecule has 0 aromatic heterocycles. The lowest BCUT2D eigenvalue weighted by Gasteiger charge is -2.33. The van der Waals surface area contributed by atoms with Crippen molar-refractivity contribution in [3.05, 3.63) is 0 Å². The summed E-state index contributed by atoms with van der Waals surface area (Å²) in [7, 11) is 0. The average Bonchev–Trinajstić information content (AvgIpc) is 2.48. The van der Waals surface area contributed by atoms with Gasteiger partial charge in [0.15, 0.2) is 0 Å². The Kier molecular flexibility index (Phi) is 2.15. The van der Waals surface area contributed by atoms with Crippen LogP contribution < -0.4 is 0 Å². The molecule has 0 bridgehead atoms. The molecule has 2 rings (SSSR count). The van der Waals surface area contributed by atoms with Gasteiger partial charge in [0, 0.05) is 18.5 Å². The number of rotatable bonds is 0. The van der Waals surface area contributed by atoms with Gasteiger partial charge in [0.25, 0.3) is 0 Å². The van der Waals surface area contributed by atoms with Gasteiger partial charge in [-0.15, -0.1) is 0 Å². The lowest BCUT2D eigenvalue weighted by Crippen LogP contribution is -2.42. The van der Waals surface area contributed by atoms with E-state index < -0.39 is 6.09 Å². The number of aliphatic hydroxyl groups is 1. The molecule has 0 aromatic rings. The van der Waals surface area contributed by atoms with E-state index in [1.807, 2.05) is 0 Å². The molecule has 74 valence electrons. The van der Waals surface area contributed by atoms with Crippen LogP contribution in [0.15, 0.2) is 0 Å². The van der Waals surface area contributed by atoms with E-state index in [0.717, 1.165) is 25.7 Å². The molecule has 0 aromatic carbocycles. The standard InChI is InChI=1S/C9H15NO3/c11-8-3-1-2-7-6(8)4-5-10(7)9(12)13/h6-8,11H,1-5H2,(H,12,13). The van der Waals surface area contributed by atoms with Crippen molar-refractivity contribution >= 4 is 6.09 Å². The molecular weight excluding hydrogens is 170 g/mol. The number of carbonyl (C=O) groups is 1. The Labute approximate surface area is 77.2 Å². The van der Waals surface area contributed by atoms with E-state index in [1.165, 1.54) is 4.90 Å². The molecule has 3 atom stereocenters. The van der Waals surface area contributed by atoms with Crippen molar-refractivity contribution in [3.8, 4) is 0 Å². The Morgan fingerprint density at radius 1 is 1.31 bits per heavy atom. The summed E-state index contributed by atoms with van der Waals surface area (Å²) < 4.78 is 0. The molecule has 1 aliphatic carbocycles. The molecular formula is C9H15NO3. The van der Waals surface area contributed by atoms with Crippen LogP contribution in [0.3, 0.4) is 0 Å². The van der Waals surface area contributed by atoms with Crippen LogP contribution in [0.25, 0.3) is 0 Å². The SMILES string of the molecule is O=C(O)N1CCC2C(O)CCCC21. The monoisotopic (exact) mass is 185 g/mol. The van der Waals surface area contributed by atoms with Gasteiger partial charge in [0.05, 0.1) is 6.10 Å². The first-order valence-electron chi connectivity index (χ1n) is 4.88. The highest BCUT2D eigenvalue weighted by Crippen LogP contribution is 2.36. The molecule has 0 spiro atoms. The molecule has 1 heterocycles. The number of hydrogen-bond donors (Lipinski definition) is 2. The van der Waals surface area contributed by atoms with Crippen LogP contribution in [0.1, 0.15) is 25.7 Å². The summed E-state index contributed by atoms with van der Waals surface area (Å²) in [6.45, 7) is 0.599. The molecule has 2 N–H and O–H groups in total. The van der Waals surface area contributed by atoms with E-state index in [4.69, 9.17) is 5.11 Å². The Morgan fingerprint density at radius 3 is 2.77 bits per heavy atom. The van der Waals surface area contributed by atoms with E-state index in [1.54, 1.807) is 0 Å². The minimum Gasteiger partial charge on any atom is -0.465 e. The molecule has 0 radical (unpaired) electrons. The van der Waals surface area contributed by atoms with Crippen molar-refractivity contribution in [3.63, 3.8) is 0 Å². The fourth-order valence-corrected chi connectivity index (χ4v) is 2.68. The summed E-state index contributed by atoms with van der Waals surface area (Å²) in [5, 5.41) is 18.5. The zero-order chi connectivity index (χ0) is 9.42. The van der Waals surface area contributed by atoms with Crippen molar-refractivity contribution in [1.29, 1.82) is 0 Å². The van der Waals surface area contributed by atoms with Gasteiger partial charge in [-0.25, -0.2) is 4.79 Å². The van der Waals surface area contributed by atoms with Crippen molar-refractivity contribution < 1.29 is 15.0 Å². The third-order valence-corrected chi connectivity index (χ3v) is 3.34. The van der Waals surface area contributed by atoms with Crippen LogP contribution in [0.2, 0.25) is 0 Å². The maximum absolute atomic E-state index is 10.8. The van der Waals surface area contributed by atoms with Crippen LogP contribution in [0.5, 0.6) is 0 Å². The second-order valence-electron chi connectivity index (χ2n) is 3.99. The lowest BCUT2D eigenvalue weighted by molar-refractivity contribution is 0.0425. The minimum atomic E-state index is -0.832. The molecule has 4 nitrogen and oxygen atoms in total. The van der Waals surface area contributed by atoms with E-state index in [2.05, 4.69) is 0 Å². The van der Waals surface area contributed by atoms with Crippen LogP contribution in [-0.2, 0) is 0 Å². The summed E-state index contributed by atoms with van der Waals surface area (Å²) in [6, 6.07) is 0.0845. The predicted octanol–water partition coefficient (Wildman–Crippen LogP) is 0.900. The third kappa shape index (κ3) is 1.39. The molecule has 1 aliphatic heterocycles. The van der Waals surface area contributed by atoms with Gasteiger partial charge in [-0.05, 0) is 25.7 Å². The first-order valence-corrected chi connectivity index (χ1v) is 4.88. The second kappa shape index (κ2) is 3.18. The van der Waals surface area contributed by atoms with Crippen LogP contribution in [-0.4, -0.2) is 39.9 Å². The van der Waals surface area contributed by atoms with Gasteiger partial charge in [-0.3, -0.25) is 0 Å². The van der Waals surface area contributed by atoms with E-state index in [9.17, 15) is 9.90 Å². The van der Waals surface area contributed by atoms with E-state index in [0.29, 0.717) is 6.54 Å². The largest absolute Gasteiger partial charge is 0.465 e. The zero-order valence-corrected chi connectivity index (χ0v) is 7.52. The Morgan fingerprint density at radius 2 is 2.08 bits per heavy atom. The van der Waals surface area contributed by atoms with Gasteiger partial charge in [-0.1, -0.05) is 0 Å². The normalized spacial score (nSPS) is 38.8. The fraction of sp³-hybridized carbons (Fsp3) is 0.889. The highest BCUT2D eigenvalue weighted by molar-refractivity contribution is 5.66. The summed E-state index contributed by atoms with van der Waals surface area (Å²) in [5.74, 6) is 0.199. The lowest BCUT2D eigenvalue weighted by atomic mass is 9.83. The number of amides is 1. The molecule has 1 saturated carbocycles. The molecule has 2 fully saturated rings. The highest BCUT2D eigenvalue weighted by Gasteiger charge is 2.42. The molecule has 3 unspecified atom stereocenters. The van der Waals surface area contributed by atoms with Gasteiger partial charge in [-0.2, -0.15) is 0 Å². The summed E-state index contributed by atoms with van der Waals surface area (Å²) in [6.07, 6.45) is 2.44. The van der Waals surface area contributed by atoms with Crippen molar-refractivity contribution in [2.75, 3.05) is 6.54 Å². The summed E-state index contributed by atoms with van der Waals surface area (Å²) >= 11 is 0. The molecule has 4 heteroatoms. The van der Waals surface area contributed by atoms with Crippen LogP contribution >= 0.6 is 0 Å². The van der Waals surface area contributed by atoms with Crippen LogP contribution in [0.4, 0.5) is 4.79 Å². The Balaban J connectivity index is 2.10. The quantitative estimate of drug-likeness (QED) is 0.589. The molecule has 1 saturated heterocycles. The Hall–Kier alpha value is -0.770. The van der Waals surface area contributed by atoms with Crippen molar-refractivity contribution in [1.82, 2.24) is 4.90 Å². The van der Waals surface area contributed by atoms with E-state index >= 15 is 0 Å². The summed E-state index contributed by atoms with van der Waals surface area (Å²) in [5.41, 5.74) is 0. The van der Waals surface area contributed by atoms with Gasteiger partial charge in [0.1, 0.15) is 0 Å². The number of likely N-dealkylation sites (tertiary alicyclic amines) is 1. The number of carboxylic acid groups (broad SMARTS) is 1.